The van der Waals surface area contributed by atoms with Crippen LogP contribution in [0, 0.1) is 0 Å². The lowest BCUT2D eigenvalue weighted by Crippen LogP contribution is -2.30. The molecule has 5 rings (SSSR count). The number of aliphatic hydroxyl groups excluding tert-OH is 1. The molecule has 6 heteroatoms. The van der Waals surface area contributed by atoms with Crippen molar-refractivity contribution < 1.29 is 19.3 Å². The number of hydrogen-bond acceptors (Lipinski definition) is 5. The number of nitrogens with zero attached hydrogens (tertiary/aromatic N) is 1. The maximum Gasteiger partial charge on any atom is 0.282 e. The van der Waals surface area contributed by atoms with Crippen molar-refractivity contribution in [1.82, 2.24) is 0 Å². The molecule has 0 saturated carbocycles. The molecule has 28 heavy (non-hydrogen) atoms. The largest absolute Gasteiger partial charge is 0.508 e. The fraction of sp³-hybridized carbons (Fsp3) is 0.182. The van der Waals surface area contributed by atoms with Crippen LogP contribution in [0.2, 0.25) is 0 Å². The van der Waals surface area contributed by atoms with E-state index in [1.807, 2.05) is 53.4 Å². The van der Waals surface area contributed by atoms with Crippen molar-refractivity contribution in [2.45, 2.75) is 18.3 Å². The summed E-state index contributed by atoms with van der Waals surface area (Å²) in [5, 5.41) is 20.9. The Balaban J connectivity index is 1.55. The monoisotopic (exact) mass is 393 g/mol. The first-order valence-corrected chi connectivity index (χ1v) is 11.0. The highest BCUT2D eigenvalue weighted by molar-refractivity contribution is 7.68. The van der Waals surface area contributed by atoms with Crippen LogP contribution in [-0.4, -0.2) is 28.6 Å². The Labute approximate surface area is 163 Å². The quantitative estimate of drug-likeness (QED) is 0.645. The lowest BCUT2D eigenvalue weighted by molar-refractivity contribution is 0.185. The summed E-state index contributed by atoms with van der Waals surface area (Å²) in [6, 6.07) is 22.0. The van der Waals surface area contributed by atoms with E-state index in [0.29, 0.717) is 18.7 Å². The third kappa shape index (κ3) is 2.62. The number of anilines is 1. The number of benzene rings is 3. The minimum absolute atomic E-state index is 0.169. The van der Waals surface area contributed by atoms with Gasteiger partial charge in [0.05, 0.1) is 11.0 Å². The first kappa shape index (κ1) is 17.4. The Kier molecular flexibility index (Phi) is 3.97. The van der Waals surface area contributed by atoms with E-state index < -0.39 is 13.6 Å². The Morgan fingerprint density at radius 2 is 1.61 bits per heavy atom. The molecule has 142 valence electrons. The molecule has 0 aliphatic carbocycles. The molecule has 0 aromatic heterocycles. The number of para-hydroxylation sites is 1. The molecule has 1 saturated heterocycles. The molecular weight excluding hydrogens is 373 g/mol. The Hall–Kier alpha value is -2.75. The van der Waals surface area contributed by atoms with Crippen molar-refractivity contribution in [2.24, 2.45) is 0 Å². The fourth-order valence-corrected chi connectivity index (χ4v) is 6.94. The number of rotatable bonds is 2. The van der Waals surface area contributed by atoms with Gasteiger partial charge in [0.25, 0.3) is 7.37 Å². The molecule has 0 spiro atoms. The number of phenols is 1. The van der Waals surface area contributed by atoms with Crippen LogP contribution in [0.5, 0.6) is 11.5 Å². The van der Waals surface area contributed by atoms with Crippen molar-refractivity contribution in [3.63, 3.8) is 0 Å². The summed E-state index contributed by atoms with van der Waals surface area (Å²) in [4.78, 5) is 1.82. The maximum atomic E-state index is 14.2. The standard InChI is InChI=1S/C22H20NO4P/c24-16-11-9-15(10-12-16)23-14-17(13-22(23)25)28(26)21-8-4-2-6-19(21)18-5-1-3-7-20(18)27-28/h1-12,17,22,24-25H,13-14H2. The Morgan fingerprint density at radius 1 is 0.929 bits per heavy atom. The second kappa shape index (κ2) is 6.40. The lowest BCUT2D eigenvalue weighted by atomic mass is 10.0. The predicted molar refractivity (Wildman–Crippen MR) is 110 cm³/mol. The Bertz CT molecular complexity index is 1080. The van der Waals surface area contributed by atoms with Gasteiger partial charge < -0.3 is 19.6 Å². The molecule has 2 heterocycles. The van der Waals surface area contributed by atoms with Crippen LogP contribution in [0.25, 0.3) is 11.1 Å². The summed E-state index contributed by atoms with van der Waals surface area (Å²) in [6.45, 7) is 0.416. The van der Waals surface area contributed by atoms with Gasteiger partial charge in [0.15, 0.2) is 0 Å². The van der Waals surface area contributed by atoms with E-state index in [1.165, 1.54) is 0 Å². The zero-order chi connectivity index (χ0) is 19.3. The second-order valence-corrected chi connectivity index (χ2v) is 9.83. The highest BCUT2D eigenvalue weighted by atomic mass is 31.2. The molecule has 5 nitrogen and oxygen atoms in total. The van der Waals surface area contributed by atoms with Crippen LogP contribution >= 0.6 is 7.37 Å². The third-order valence-corrected chi connectivity index (χ3v) is 8.43. The van der Waals surface area contributed by atoms with Crippen LogP contribution < -0.4 is 14.7 Å². The van der Waals surface area contributed by atoms with E-state index in [0.717, 1.165) is 22.1 Å². The fourth-order valence-electron chi connectivity index (χ4n) is 4.17. The number of aliphatic hydroxyl groups is 1. The molecule has 2 N–H and O–H groups in total. The molecule has 0 amide bonds. The molecule has 2 aliphatic rings. The zero-order valence-corrected chi connectivity index (χ0v) is 16.0. The number of phenolic OH excluding ortho intramolecular Hbond substituents is 1. The van der Waals surface area contributed by atoms with Gasteiger partial charge in [-0.1, -0.05) is 36.4 Å². The SMILES string of the molecule is O=P1(C2CC(O)N(c3ccc(O)cc3)C2)Oc2ccccc2-c2ccccc21. The van der Waals surface area contributed by atoms with Crippen LogP contribution in [0.3, 0.4) is 0 Å². The van der Waals surface area contributed by atoms with E-state index in [4.69, 9.17) is 4.52 Å². The van der Waals surface area contributed by atoms with Crippen molar-refractivity contribution in [1.29, 1.82) is 0 Å². The molecule has 3 unspecified atom stereocenters. The van der Waals surface area contributed by atoms with Gasteiger partial charge >= 0.3 is 0 Å². The van der Waals surface area contributed by atoms with E-state index in [1.54, 1.807) is 24.3 Å². The van der Waals surface area contributed by atoms with Crippen molar-refractivity contribution >= 4 is 18.4 Å². The van der Waals surface area contributed by atoms with Gasteiger partial charge in [0.2, 0.25) is 0 Å². The number of aromatic hydroxyl groups is 1. The van der Waals surface area contributed by atoms with Crippen molar-refractivity contribution in [2.75, 3.05) is 11.4 Å². The molecule has 1 fully saturated rings. The molecule has 3 atom stereocenters. The van der Waals surface area contributed by atoms with Gasteiger partial charge in [-0.25, -0.2) is 0 Å². The number of fused-ring (bicyclic) bond motifs is 3. The Morgan fingerprint density at radius 3 is 2.39 bits per heavy atom. The lowest BCUT2D eigenvalue weighted by Gasteiger charge is -2.32. The minimum atomic E-state index is -3.24. The predicted octanol–water partition coefficient (Wildman–Crippen LogP) is 3.95. The average molecular weight is 393 g/mol. The number of hydrogen-bond donors (Lipinski definition) is 2. The summed E-state index contributed by atoms with van der Waals surface area (Å²) in [5.41, 5.74) is 2.33. The summed E-state index contributed by atoms with van der Waals surface area (Å²) in [5.74, 6) is 0.796. The maximum absolute atomic E-state index is 14.2. The van der Waals surface area contributed by atoms with Gasteiger partial charge in [-0.05, 0) is 42.0 Å². The second-order valence-electron chi connectivity index (χ2n) is 7.24. The van der Waals surface area contributed by atoms with Gasteiger partial charge in [0.1, 0.15) is 17.7 Å². The molecule has 2 aliphatic heterocycles. The van der Waals surface area contributed by atoms with E-state index in [-0.39, 0.29) is 11.4 Å². The van der Waals surface area contributed by atoms with Gasteiger partial charge in [-0.3, -0.25) is 4.57 Å². The first-order chi connectivity index (χ1) is 13.6. The summed E-state index contributed by atoms with van der Waals surface area (Å²) >= 11 is 0. The normalized spacial score (nSPS) is 25.7. The highest BCUT2D eigenvalue weighted by Gasteiger charge is 2.48. The van der Waals surface area contributed by atoms with E-state index in [2.05, 4.69) is 0 Å². The molecular formula is C22H20NO4P. The van der Waals surface area contributed by atoms with Crippen LogP contribution in [0.1, 0.15) is 6.42 Å². The van der Waals surface area contributed by atoms with Gasteiger partial charge in [0, 0.05) is 24.2 Å². The van der Waals surface area contributed by atoms with Gasteiger partial charge in [-0.15, -0.1) is 0 Å². The molecule has 0 radical (unpaired) electrons. The first-order valence-electron chi connectivity index (χ1n) is 9.28. The van der Waals surface area contributed by atoms with Crippen LogP contribution in [0.4, 0.5) is 5.69 Å². The minimum Gasteiger partial charge on any atom is -0.508 e. The zero-order valence-electron chi connectivity index (χ0n) is 15.1. The summed E-state index contributed by atoms with van der Waals surface area (Å²) in [7, 11) is -3.24. The summed E-state index contributed by atoms with van der Waals surface area (Å²) < 4.78 is 20.4. The van der Waals surface area contributed by atoms with Crippen LogP contribution in [-0.2, 0) is 4.57 Å². The molecule has 0 bridgehead atoms. The van der Waals surface area contributed by atoms with E-state index in [9.17, 15) is 14.8 Å². The average Bonchev–Trinajstić information content (AvgIpc) is 3.11. The molecule has 3 aromatic carbocycles. The summed E-state index contributed by atoms with van der Waals surface area (Å²) in [6.07, 6.45) is -0.400. The van der Waals surface area contributed by atoms with Crippen molar-refractivity contribution in [3.05, 3.63) is 72.8 Å². The van der Waals surface area contributed by atoms with Gasteiger partial charge in [-0.2, -0.15) is 0 Å². The van der Waals surface area contributed by atoms with E-state index >= 15 is 0 Å². The molecule has 3 aromatic rings. The highest BCUT2D eigenvalue weighted by Crippen LogP contribution is 2.60. The van der Waals surface area contributed by atoms with Crippen LogP contribution in [0.15, 0.2) is 72.8 Å². The van der Waals surface area contributed by atoms with Crippen molar-refractivity contribution in [3.8, 4) is 22.6 Å². The topological polar surface area (TPSA) is 70.0 Å². The smallest absolute Gasteiger partial charge is 0.282 e. The third-order valence-electron chi connectivity index (χ3n) is 5.56.